The highest BCUT2D eigenvalue weighted by molar-refractivity contribution is 7.13. The Kier molecular flexibility index (Phi) is 1.78. The van der Waals surface area contributed by atoms with Crippen LogP contribution in [-0.2, 0) is 5.54 Å². The molecule has 4 heteroatoms. The molecule has 78 valence electrons. The van der Waals surface area contributed by atoms with Crippen LogP contribution in [0.25, 0.3) is 10.8 Å². The van der Waals surface area contributed by atoms with Crippen LogP contribution in [-0.4, -0.2) is 4.98 Å². The van der Waals surface area contributed by atoms with Gasteiger partial charge in [0.25, 0.3) is 0 Å². The molecule has 0 radical (unpaired) electrons. The largest absolute Gasteiger partial charge is 0.459 e. The molecule has 0 aromatic carbocycles. The molecule has 1 fully saturated rings. The summed E-state index contributed by atoms with van der Waals surface area (Å²) in [6, 6.07) is 3.90. The van der Waals surface area contributed by atoms with Crippen molar-refractivity contribution in [3.8, 4) is 10.8 Å². The Balaban J connectivity index is 1.97. The van der Waals surface area contributed by atoms with Crippen LogP contribution in [0, 0.1) is 6.92 Å². The molecule has 3 rings (SSSR count). The zero-order valence-electron chi connectivity index (χ0n) is 8.49. The maximum atomic E-state index is 6.08. The van der Waals surface area contributed by atoms with Gasteiger partial charge in [-0.3, -0.25) is 0 Å². The lowest BCUT2D eigenvalue weighted by atomic mass is 10.2. The third kappa shape index (κ3) is 1.50. The molecular formula is C11H12N2OS. The Morgan fingerprint density at radius 3 is 2.87 bits per heavy atom. The predicted octanol–water partition coefficient (Wildman–Crippen LogP) is 2.66. The van der Waals surface area contributed by atoms with E-state index in [-0.39, 0.29) is 5.54 Å². The van der Waals surface area contributed by atoms with Gasteiger partial charge in [0.2, 0.25) is 0 Å². The Morgan fingerprint density at radius 1 is 1.47 bits per heavy atom. The van der Waals surface area contributed by atoms with E-state index in [2.05, 4.69) is 4.98 Å². The molecule has 2 aromatic rings. The van der Waals surface area contributed by atoms with E-state index >= 15 is 0 Å². The Labute approximate surface area is 91.9 Å². The Bertz CT molecular complexity index is 496. The van der Waals surface area contributed by atoms with Crippen LogP contribution in [0.3, 0.4) is 0 Å². The number of thiazole rings is 1. The van der Waals surface area contributed by atoms with Crippen molar-refractivity contribution < 1.29 is 4.42 Å². The van der Waals surface area contributed by atoms with Crippen LogP contribution < -0.4 is 5.73 Å². The third-order valence-electron chi connectivity index (χ3n) is 2.75. The van der Waals surface area contributed by atoms with Gasteiger partial charge in [-0.05, 0) is 31.9 Å². The minimum Gasteiger partial charge on any atom is -0.459 e. The van der Waals surface area contributed by atoms with Gasteiger partial charge < -0.3 is 10.2 Å². The van der Waals surface area contributed by atoms with Crippen LogP contribution in [0.15, 0.2) is 21.9 Å². The van der Waals surface area contributed by atoms with E-state index in [1.807, 2.05) is 24.4 Å². The number of aromatic nitrogens is 1. The molecule has 0 bridgehead atoms. The number of nitrogens with two attached hydrogens (primary N) is 1. The van der Waals surface area contributed by atoms with E-state index in [0.717, 1.165) is 35.1 Å². The van der Waals surface area contributed by atoms with Crippen molar-refractivity contribution in [2.45, 2.75) is 25.3 Å². The summed E-state index contributed by atoms with van der Waals surface area (Å²) in [6.07, 6.45) is 2.10. The predicted molar refractivity (Wildman–Crippen MR) is 59.7 cm³/mol. The molecule has 1 saturated carbocycles. The van der Waals surface area contributed by atoms with Crippen LogP contribution in [0.5, 0.6) is 0 Å². The van der Waals surface area contributed by atoms with Crippen LogP contribution >= 0.6 is 11.3 Å². The van der Waals surface area contributed by atoms with Crippen molar-refractivity contribution in [3.05, 3.63) is 29.0 Å². The van der Waals surface area contributed by atoms with Gasteiger partial charge in [0.05, 0.1) is 11.2 Å². The fourth-order valence-corrected chi connectivity index (χ4v) is 2.44. The summed E-state index contributed by atoms with van der Waals surface area (Å²) in [7, 11) is 0. The van der Waals surface area contributed by atoms with Crippen LogP contribution in [0.1, 0.15) is 24.3 Å². The molecule has 2 heterocycles. The lowest BCUT2D eigenvalue weighted by molar-refractivity contribution is 0.547. The summed E-state index contributed by atoms with van der Waals surface area (Å²) in [4.78, 5) is 4.53. The summed E-state index contributed by atoms with van der Waals surface area (Å²) in [5, 5.41) is 2.97. The van der Waals surface area contributed by atoms with Crippen LogP contribution in [0.4, 0.5) is 0 Å². The maximum absolute atomic E-state index is 6.08. The molecular weight excluding hydrogens is 208 g/mol. The second kappa shape index (κ2) is 2.93. The van der Waals surface area contributed by atoms with Gasteiger partial charge in [-0.2, -0.15) is 0 Å². The van der Waals surface area contributed by atoms with Crippen molar-refractivity contribution in [2.75, 3.05) is 0 Å². The van der Waals surface area contributed by atoms with Crippen LogP contribution in [0.2, 0.25) is 0 Å². The molecule has 0 saturated heterocycles. The average Bonchev–Trinajstić information content (AvgIpc) is 2.72. The van der Waals surface area contributed by atoms with E-state index in [1.165, 1.54) is 0 Å². The smallest absolute Gasteiger partial charge is 0.162 e. The molecule has 0 aliphatic heterocycles. The fourth-order valence-electron chi connectivity index (χ4n) is 1.56. The number of nitrogens with zero attached hydrogens (tertiary/aromatic N) is 1. The van der Waals surface area contributed by atoms with Crippen molar-refractivity contribution in [2.24, 2.45) is 5.73 Å². The Hall–Kier alpha value is -1.13. The summed E-state index contributed by atoms with van der Waals surface area (Å²) in [6.45, 7) is 1.93. The molecule has 0 spiro atoms. The van der Waals surface area contributed by atoms with Crippen molar-refractivity contribution in [3.63, 3.8) is 0 Å². The first kappa shape index (κ1) is 9.12. The lowest BCUT2D eigenvalue weighted by Crippen LogP contribution is -2.18. The fraction of sp³-hybridized carbons (Fsp3) is 0.364. The Morgan fingerprint density at radius 2 is 2.27 bits per heavy atom. The number of furan rings is 1. The monoisotopic (exact) mass is 220 g/mol. The van der Waals surface area contributed by atoms with E-state index in [0.29, 0.717) is 0 Å². The first-order chi connectivity index (χ1) is 7.17. The molecule has 1 aliphatic rings. The van der Waals surface area contributed by atoms with Crippen molar-refractivity contribution in [1.29, 1.82) is 0 Å². The van der Waals surface area contributed by atoms with E-state index in [9.17, 15) is 0 Å². The average molecular weight is 220 g/mol. The van der Waals surface area contributed by atoms with E-state index in [1.54, 1.807) is 11.3 Å². The molecule has 15 heavy (non-hydrogen) atoms. The highest BCUT2D eigenvalue weighted by Crippen LogP contribution is 2.43. The minimum absolute atomic E-state index is 0.142. The zero-order chi connectivity index (χ0) is 10.5. The van der Waals surface area contributed by atoms with Gasteiger partial charge in [-0.1, -0.05) is 0 Å². The molecule has 0 unspecified atom stereocenters. The minimum atomic E-state index is -0.142. The second-order valence-electron chi connectivity index (χ2n) is 4.10. The van der Waals surface area contributed by atoms with Gasteiger partial charge in [0, 0.05) is 5.38 Å². The third-order valence-corrected chi connectivity index (χ3v) is 3.61. The number of aryl methyl sites for hydroxylation is 1. The lowest BCUT2D eigenvalue weighted by Gasteiger charge is -2.01. The molecule has 2 aromatic heterocycles. The molecule has 2 N–H and O–H groups in total. The van der Waals surface area contributed by atoms with Crippen molar-refractivity contribution >= 4 is 11.3 Å². The standard InChI is InChI=1S/C11H12N2OS/c1-7-2-3-8(14-7)10-13-9(6-15-10)11(12)4-5-11/h2-3,6H,4-5,12H2,1H3. The van der Waals surface area contributed by atoms with Gasteiger partial charge in [0.15, 0.2) is 10.8 Å². The molecule has 1 aliphatic carbocycles. The highest BCUT2D eigenvalue weighted by atomic mass is 32.1. The van der Waals surface area contributed by atoms with Gasteiger partial charge in [0.1, 0.15) is 5.76 Å². The normalized spacial score (nSPS) is 18.0. The summed E-state index contributed by atoms with van der Waals surface area (Å²) >= 11 is 1.60. The maximum Gasteiger partial charge on any atom is 0.162 e. The van der Waals surface area contributed by atoms with Gasteiger partial charge in [-0.25, -0.2) is 4.98 Å². The van der Waals surface area contributed by atoms with Gasteiger partial charge >= 0.3 is 0 Å². The molecule has 3 nitrogen and oxygen atoms in total. The first-order valence-electron chi connectivity index (χ1n) is 4.99. The summed E-state index contributed by atoms with van der Waals surface area (Å²) < 4.78 is 5.52. The first-order valence-corrected chi connectivity index (χ1v) is 5.87. The molecule has 0 atom stereocenters. The quantitative estimate of drug-likeness (QED) is 0.846. The molecule has 0 amide bonds. The number of rotatable bonds is 2. The highest BCUT2D eigenvalue weighted by Gasteiger charge is 2.42. The summed E-state index contributed by atoms with van der Waals surface area (Å²) in [5.41, 5.74) is 6.95. The SMILES string of the molecule is Cc1ccc(-c2nc(C3(N)CC3)cs2)o1. The van der Waals surface area contributed by atoms with E-state index < -0.39 is 0 Å². The topological polar surface area (TPSA) is 52.0 Å². The zero-order valence-corrected chi connectivity index (χ0v) is 9.30. The van der Waals surface area contributed by atoms with Gasteiger partial charge in [-0.15, -0.1) is 11.3 Å². The van der Waals surface area contributed by atoms with Crippen molar-refractivity contribution in [1.82, 2.24) is 4.98 Å². The number of hydrogen-bond acceptors (Lipinski definition) is 4. The second-order valence-corrected chi connectivity index (χ2v) is 4.96. The number of hydrogen-bond donors (Lipinski definition) is 1. The van der Waals surface area contributed by atoms with E-state index in [4.69, 9.17) is 10.2 Å². The summed E-state index contributed by atoms with van der Waals surface area (Å²) in [5.74, 6) is 1.75.